The third kappa shape index (κ3) is 2.02. The van der Waals surface area contributed by atoms with Crippen molar-refractivity contribution in [1.29, 1.82) is 0 Å². The first-order valence-corrected chi connectivity index (χ1v) is 5.62. The lowest BCUT2D eigenvalue weighted by Gasteiger charge is -2.40. The van der Waals surface area contributed by atoms with Gasteiger partial charge in [-0.3, -0.25) is 4.79 Å². The molecule has 0 spiro atoms. The Hall–Kier alpha value is -0.960. The number of rotatable bonds is 3. The zero-order valence-electron chi connectivity index (χ0n) is 8.68. The Morgan fingerprint density at radius 3 is 2.80 bits per heavy atom. The summed E-state index contributed by atoms with van der Waals surface area (Å²) in [6.07, 6.45) is 4.56. The lowest BCUT2D eigenvalue weighted by molar-refractivity contribution is 0.0853. The number of furan rings is 1. The SMILES string of the molecule is Cc1cc(C(=O)NC2(CCl)CCC2)co1. The van der Waals surface area contributed by atoms with Crippen LogP contribution in [-0.4, -0.2) is 17.3 Å². The fourth-order valence-electron chi connectivity index (χ4n) is 1.77. The first kappa shape index (κ1) is 10.6. The molecule has 0 aliphatic heterocycles. The van der Waals surface area contributed by atoms with Gasteiger partial charge in [-0.05, 0) is 32.3 Å². The quantitative estimate of drug-likeness (QED) is 0.807. The van der Waals surface area contributed by atoms with E-state index in [1.165, 1.54) is 6.26 Å². The van der Waals surface area contributed by atoms with Gasteiger partial charge in [-0.15, -0.1) is 11.6 Å². The Kier molecular flexibility index (Phi) is 2.74. The second kappa shape index (κ2) is 3.89. The van der Waals surface area contributed by atoms with Crippen LogP contribution in [0.2, 0.25) is 0 Å². The molecule has 0 atom stereocenters. The normalized spacial score (nSPS) is 18.3. The number of hydrogen-bond donors (Lipinski definition) is 1. The smallest absolute Gasteiger partial charge is 0.255 e. The first-order chi connectivity index (χ1) is 7.15. The van der Waals surface area contributed by atoms with Gasteiger partial charge in [0, 0.05) is 5.88 Å². The van der Waals surface area contributed by atoms with E-state index in [2.05, 4.69) is 5.32 Å². The minimum Gasteiger partial charge on any atom is -0.469 e. The third-order valence-corrected chi connectivity index (χ3v) is 3.45. The van der Waals surface area contributed by atoms with Crippen LogP contribution in [0.4, 0.5) is 0 Å². The lowest BCUT2D eigenvalue weighted by atomic mass is 9.78. The summed E-state index contributed by atoms with van der Waals surface area (Å²) in [6, 6.07) is 1.73. The first-order valence-electron chi connectivity index (χ1n) is 5.09. The van der Waals surface area contributed by atoms with Gasteiger partial charge in [0.2, 0.25) is 0 Å². The van der Waals surface area contributed by atoms with E-state index in [0.29, 0.717) is 11.4 Å². The summed E-state index contributed by atoms with van der Waals surface area (Å²) >= 11 is 5.86. The summed E-state index contributed by atoms with van der Waals surface area (Å²) in [5, 5.41) is 2.98. The van der Waals surface area contributed by atoms with E-state index in [-0.39, 0.29) is 11.4 Å². The maximum atomic E-state index is 11.8. The highest BCUT2D eigenvalue weighted by Gasteiger charge is 2.37. The highest BCUT2D eigenvalue weighted by molar-refractivity contribution is 6.19. The van der Waals surface area contributed by atoms with Crippen molar-refractivity contribution in [3.63, 3.8) is 0 Å². The second-order valence-electron chi connectivity index (χ2n) is 4.17. The van der Waals surface area contributed by atoms with E-state index in [0.717, 1.165) is 25.0 Å². The molecular formula is C11H14ClNO2. The van der Waals surface area contributed by atoms with Gasteiger partial charge in [-0.1, -0.05) is 0 Å². The van der Waals surface area contributed by atoms with Crippen LogP contribution in [-0.2, 0) is 0 Å². The average molecular weight is 228 g/mol. The number of halogens is 1. The van der Waals surface area contributed by atoms with Crippen LogP contribution in [0.5, 0.6) is 0 Å². The molecule has 1 aromatic heterocycles. The van der Waals surface area contributed by atoms with Gasteiger partial charge < -0.3 is 9.73 Å². The fraction of sp³-hybridized carbons (Fsp3) is 0.545. The summed E-state index contributed by atoms with van der Waals surface area (Å²) in [4.78, 5) is 11.8. The van der Waals surface area contributed by atoms with E-state index < -0.39 is 0 Å². The molecule has 1 heterocycles. The minimum absolute atomic E-state index is 0.0906. The van der Waals surface area contributed by atoms with Crippen molar-refractivity contribution in [1.82, 2.24) is 5.32 Å². The van der Waals surface area contributed by atoms with Crippen LogP contribution in [0.15, 0.2) is 16.7 Å². The van der Waals surface area contributed by atoms with Crippen molar-refractivity contribution in [2.75, 3.05) is 5.88 Å². The molecule has 0 radical (unpaired) electrons. The summed E-state index contributed by atoms with van der Waals surface area (Å²) in [5.74, 6) is 1.14. The van der Waals surface area contributed by atoms with E-state index in [1.54, 1.807) is 6.07 Å². The fourth-order valence-corrected chi connectivity index (χ4v) is 2.11. The number of carbonyl (C=O) groups excluding carboxylic acids is 1. The number of hydrogen-bond acceptors (Lipinski definition) is 2. The number of alkyl halides is 1. The molecule has 1 N–H and O–H groups in total. The monoisotopic (exact) mass is 227 g/mol. The average Bonchev–Trinajstić information content (AvgIpc) is 2.58. The van der Waals surface area contributed by atoms with Gasteiger partial charge in [0.25, 0.3) is 5.91 Å². The molecule has 1 aliphatic rings. The largest absolute Gasteiger partial charge is 0.469 e. The number of aryl methyl sites for hydroxylation is 1. The Bertz CT molecular complexity index is 363. The van der Waals surface area contributed by atoms with Gasteiger partial charge in [-0.2, -0.15) is 0 Å². The molecule has 1 amide bonds. The van der Waals surface area contributed by atoms with Crippen LogP contribution in [0.3, 0.4) is 0 Å². The van der Waals surface area contributed by atoms with Crippen molar-refractivity contribution in [3.8, 4) is 0 Å². The van der Waals surface area contributed by atoms with E-state index in [1.807, 2.05) is 6.92 Å². The van der Waals surface area contributed by atoms with Crippen LogP contribution >= 0.6 is 11.6 Å². The summed E-state index contributed by atoms with van der Waals surface area (Å²) in [6.45, 7) is 1.82. The molecule has 4 heteroatoms. The molecule has 15 heavy (non-hydrogen) atoms. The van der Waals surface area contributed by atoms with Gasteiger partial charge in [0.15, 0.2) is 0 Å². The standard InChI is InChI=1S/C11H14ClNO2/c1-8-5-9(6-15-8)10(14)13-11(7-12)3-2-4-11/h5-6H,2-4,7H2,1H3,(H,13,14). The Balaban J connectivity index is 2.03. The maximum Gasteiger partial charge on any atom is 0.255 e. The molecule has 2 rings (SSSR count). The van der Waals surface area contributed by atoms with Gasteiger partial charge in [0.05, 0.1) is 11.1 Å². The topological polar surface area (TPSA) is 42.2 Å². The number of amides is 1. The lowest BCUT2D eigenvalue weighted by Crippen LogP contribution is -2.54. The number of carbonyl (C=O) groups is 1. The molecule has 1 aromatic rings. The molecule has 3 nitrogen and oxygen atoms in total. The summed E-state index contributed by atoms with van der Waals surface area (Å²) < 4.78 is 5.09. The molecule has 1 aliphatic carbocycles. The molecule has 82 valence electrons. The maximum absolute atomic E-state index is 11.8. The second-order valence-corrected chi connectivity index (χ2v) is 4.43. The predicted octanol–water partition coefficient (Wildman–Crippen LogP) is 2.48. The van der Waals surface area contributed by atoms with Crippen LogP contribution in [0.1, 0.15) is 35.4 Å². The van der Waals surface area contributed by atoms with E-state index in [4.69, 9.17) is 16.0 Å². The van der Waals surface area contributed by atoms with Crippen LogP contribution < -0.4 is 5.32 Å². The van der Waals surface area contributed by atoms with Crippen molar-refractivity contribution in [3.05, 3.63) is 23.7 Å². The summed E-state index contributed by atoms with van der Waals surface area (Å²) in [5.41, 5.74) is 0.396. The molecule has 1 saturated carbocycles. The third-order valence-electron chi connectivity index (χ3n) is 2.94. The highest BCUT2D eigenvalue weighted by atomic mass is 35.5. The Morgan fingerprint density at radius 1 is 1.67 bits per heavy atom. The van der Waals surface area contributed by atoms with Crippen molar-refractivity contribution in [2.45, 2.75) is 31.7 Å². The van der Waals surface area contributed by atoms with Crippen molar-refractivity contribution < 1.29 is 9.21 Å². The van der Waals surface area contributed by atoms with Crippen LogP contribution in [0, 0.1) is 6.92 Å². The Labute approximate surface area is 93.8 Å². The van der Waals surface area contributed by atoms with Gasteiger partial charge in [-0.25, -0.2) is 0 Å². The molecule has 0 unspecified atom stereocenters. The van der Waals surface area contributed by atoms with E-state index in [9.17, 15) is 4.79 Å². The van der Waals surface area contributed by atoms with Gasteiger partial charge >= 0.3 is 0 Å². The Morgan fingerprint density at radius 2 is 2.40 bits per heavy atom. The number of nitrogens with one attached hydrogen (secondary N) is 1. The molecule has 0 saturated heterocycles. The highest BCUT2D eigenvalue weighted by Crippen LogP contribution is 2.33. The molecule has 0 aromatic carbocycles. The minimum atomic E-state index is -0.177. The molecule has 1 fully saturated rings. The van der Waals surface area contributed by atoms with Crippen LogP contribution in [0.25, 0.3) is 0 Å². The van der Waals surface area contributed by atoms with Crippen molar-refractivity contribution in [2.24, 2.45) is 0 Å². The van der Waals surface area contributed by atoms with E-state index >= 15 is 0 Å². The zero-order valence-corrected chi connectivity index (χ0v) is 9.43. The molecular weight excluding hydrogens is 214 g/mol. The predicted molar refractivity (Wildman–Crippen MR) is 58.2 cm³/mol. The van der Waals surface area contributed by atoms with Gasteiger partial charge in [0.1, 0.15) is 12.0 Å². The van der Waals surface area contributed by atoms with Crippen molar-refractivity contribution >= 4 is 17.5 Å². The zero-order chi connectivity index (χ0) is 10.9. The summed E-state index contributed by atoms with van der Waals surface area (Å²) in [7, 11) is 0. The molecule has 0 bridgehead atoms.